The summed E-state index contributed by atoms with van der Waals surface area (Å²) < 4.78 is 5.95. The molecule has 0 spiro atoms. The SMILES string of the molecule is COc1ccc(Br)c(C(=O)NC2CCC(Br)CC2)c1. The summed E-state index contributed by atoms with van der Waals surface area (Å²) in [6, 6.07) is 5.70. The van der Waals surface area contributed by atoms with Crippen LogP contribution in [-0.4, -0.2) is 23.9 Å². The second kappa shape index (κ2) is 6.75. The first-order chi connectivity index (χ1) is 9.10. The number of hydrogen-bond donors (Lipinski definition) is 1. The van der Waals surface area contributed by atoms with Gasteiger partial charge in [-0.2, -0.15) is 0 Å². The first-order valence-electron chi connectivity index (χ1n) is 6.38. The van der Waals surface area contributed by atoms with E-state index >= 15 is 0 Å². The fraction of sp³-hybridized carbons (Fsp3) is 0.500. The molecule has 1 aromatic rings. The van der Waals surface area contributed by atoms with Crippen molar-refractivity contribution in [3.63, 3.8) is 0 Å². The minimum atomic E-state index is -0.0382. The van der Waals surface area contributed by atoms with Crippen LogP contribution in [0, 0.1) is 0 Å². The highest BCUT2D eigenvalue weighted by molar-refractivity contribution is 9.10. The molecule has 0 atom stereocenters. The van der Waals surface area contributed by atoms with E-state index in [0.29, 0.717) is 16.1 Å². The highest BCUT2D eigenvalue weighted by Crippen LogP contribution is 2.26. The summed E-state index contributed by atoms with van der Waals surface area (Å²) in [6.45, 7) is 0. The topological polar surface area (TPSA) is 38.3 Å². The van der Waals surface area contributed by atoms with Gasteiger partial charge in [-0.1, -0.05) is 15.9 Å². The molecule has 0 aliphatic heterocycles. The number of rotatable bonds is 3. The van der Waals surface area contributed by atoms with E-state index in [1.165, 1.54) is 0 Å². The third kappa shape index (κ3) is 3.96. The molecule has 19 heavy (non-hydrogen) atoms. The van der Waals surface area contributed by atoms with Gasteiger partial charge in [0.1, 0.15) is 5.75 Å². The lowest BCUT2D eigenvalue weighted by Gasteiger charge is -2.26. The Morgan fingerprint density at radius 1 is 1.32 bits per heavy atom. The Morgan fingerprint density at radius 2 is 2.00 bits per heavy atom. The van der Waals surface area contributed by atoms with Crippen LogP contribution < -0.4 is 10.1 Å². The third-order valence-corrected chi connectivity index (χ3v) is 5.02. The Hall–Kier alpha value is -0.550. The molecule has 0 radical (unpaired) electrons. The second-order valence-corrected chi connectivity index (χ2v) is 6.92. The molecule has 1 aliphatic rings. The molecule has 0 aromatic heterocycles. The summed E-state index contributed by atoms with van der Waals surface area (Å²) in [5.74, 6) is 0.654. The summed E-state index contributed by atoms with van der Waals surface area (Å²) in [5, 5.41) is 3.10. The molecule has 104 valence electrons. The molecule has 1 N–H and O–H groups in total. The van der Waals surface area contributed by atoms with Gasteiger partial charge in [0.05, 0.1) is 12.7 Å². The van der Waals surface area contributed by atoms with E-state index in [1.807, 2.05) is 12.1 Å². The van der Waals surface area contributed by atoms with E-state index in [-0.39, 0.29) is 11.9 Å². The van der Waals surface area contributed by atoms with Crippen molar-refractivity contribution >= 4 is 37.8 Å². The van der Waals surface area contributed by atoms with Crippen molar-refractivity contribution in [1.29, 1.82) is 0 Å². The van der Waals surface area contributed by atoms with Gasteiger partial charge in [-0.15, -0.1) is 0 Å². The largest absolute Gasteiger partial charge is 0.497 e. The summed E-state index contributed by atoms with van der Waals surface area (Å²) in [4.78, 5) is 12.9. The van der Waals surface area contributed by atoms with Gasteiger partial charge in [-0.3, -0.25) is 4.79 Å². The van der Waals surface area contributed by atoms with Gasteiger partial charge in [0, 0.05) is 15.3 Å². The first kappa shape index (κ1) is 14.9. The molecule has 1 amide bonds. The van der Waals surface area contributed by atoms with Crippen molar-refractivity contribution in [3.8, 4) is 5.75 Å². The van der Waals surface area contributed by atoms with Crippen molar-refractivity contribution in [2.24, 2.45) is 0 Å². The maximum absolute atomic E-state index is 12.3. The minimum absolute atomic E-state index is 0.0382. The summed E-state index contributed by atoms with van der Waals surface area (Å²) >= 11 is 7.03. The Labute approximate surface area is 130 Å². The van der Waals surface area contributed by atoms with E-state index in [9.17, 15) is 4.79 Å². The van der Waals surface area contributed by atoms with E-state index in [4.69, 9.17) is 4.74 Å². The molecular weight excluding hydrogens is 374 g/mol. The van der Waals surface area contributed by atoms with Crippen molar-refractivity contribution in [3.05, 3.63) is 28.2 Å². The van der Waals surface area contributed by atoms with Crippen LogP contribution in [0.3, 0.4) is 0 Å². The van der Waals surface area contributed by atoms with Crippen LogP contribution in [0.4, 0.5) is 0 Å². The zero-order chi connectivity index (χ0) is 13.8. The number of nitrogens with one attached hydrogen (secondary N) is 1. The Morgan fingerprint density at radius 3 is 2.63 bits per heavy atom. The van der Waals surface area contributed by atoms with Crippen LogP contribution in [0.1, 0.15) is 36.0 Å². The van der Waals surface area contributed by atoms with Crippen LogP contribution in [0.5, 0.6) is 5.75 Å². The maximum Gasteiger partial charge on any atom is 0.252 e. The number of hydrogen-bond acceptors (Lipinski definition) is 2. The van der Waals surface area contributed by atoms with Crippen LogP contribution in [-0.2, 0) is 0 Å². The number of amides is 1. The van der Waals surface area contributed by atoms with Crippen LogP contribution in [0.25, 0.3) is 0 Å². The third-order valence-electron chi connectivity index (χ3n) is 3.41. The quantitative estimate of drug-likeness (QED) is 0.795. The molecule has 1 fully saturated rings. The molecule has 0 bridgehead atoms. The Balaban J connectivity index is 2.03. The standard InChI is InChI=1S/C14H17Br2NO2/c1-19-11-6-7-13(16)12(8-11)14(18)17-10-4-2-9(15)3-5-10/h6-10H,2-5H2,1H3,(H,17,18). The lowest BCUT2D eigenvalue weighted by Crippen LogP contribution is -2.37. The predicted octanol–water partition coefficient (Wildman–Crippen LogP) is 3.89. The Bertz CT molecular complexity index is 457. The van der Waals surface area contributed by atoms with Crippen LogP contribution in [0.2, 0.25) is 0 Å². The molecule has 1 aromatic carbocycles. The molecule has 1 aliphatic carbocycles. The molecule has 1 saturated carbocycles. The normalized spacial score (nSPS) is 22.9. The lowest BCUT2D eigenvalue weighted by atomic mass is 9.95. The molecule has 2 rings (SSSR count). The fourth-order valence-corrected chi connectivity index (χ4v) is 3.22. The number of ether oxygens (including phenoxy) is 1. The van der Waals surface area contributed by atoms with Gasteiger partial charge in [0.15, 0.2) is 0 Å². The van der Waals surface area contributed by atoms with E-state index in [2.05, 4.69) is 37.2 Å². The van der Waals surface area contributed by atoms with Gasteiger partial charge in [-0.25, -0.2) is 0 Å². The van der Waals surface area contributed by atoms with Gasteiger partial charge >= 0.3 is 0 Å². The molecular formula is C14H17Br2NO2. The first-order valence-corrected chi connectivity index (χ1v) is 8.09. The van der Waals surface area contributed by atoms with Gasteiger partial charge in [0.2, 0.25) is 0 Å². The highest BCUT2D eigenvalue weighted by atomic mass is 79.9. The molecule has 5 heteroatoms. The minimum Gasteiger partial charge on any atom is -0.497 e. The number of alkyl halides is 1. The van der Waals surface area contributed by atoms with Gasteiger partial charge in [0.25, 0.3) is 5.91 Å². The molecule has 0 heterocycles. The number of methoxy groups -OCH3 is 1. The smallest absolute Gasteiger partial charge is 0.252 e. The van der Waals surface area contributed by atoms with E-state index in [1.54, 1.807) is 13.2 Å². The summed E-state index contributed by atoms with van der Waals surface area (Å²) in [6.07, 6.45) is 4.29. The fourth-order valence-electron chi connectivity index (χ4n) is 2.27. The van der Waals surface area contributed by atoms with Crippen molar-refractivity contribution in [2.75, 3.05) is 7.11 Å². The summed E-state index contributed by atoms with van der Waals surface area (Å²) in [7, 11) is 1.60. The zero-order valence-corrected chi connectivity index (χ0v) is 14.0. The highest BCUT2D eigenvalue weighted by Gasteiger charge is 2.22. The number of carbonyl (C=O) groups excluding carboxylic acids is 1. The average molecular weight is 391 g/mol. The molecule has 0 unspecified atom stereocenters. The molecule has 0 saturated heterocycles. The number of carbonyl (C=O) groups is 1. The van der Waals surface area contributed by atoms with Gasteiger partial charge < -0.3 is 10.1 Å². The molecule has 3 nitrogen and oxygen atoms in total. The zero-order valence-electron chi connectivity index (χ0n) is 10.8. The van der Waals surface area contributed by atoms with Crippen molar-refractivity contribution in [1.82, 2.24) is 5.32 Å². The summed E-state index contributed by atoms with van der Waals surface area (Å²) in [5.41, 5.74) is 0.625. The maximum atomic E-state index is 12.3. The lowest BCUT2D eigenvalue weighted by molar-refractivity contribution is 0.0927. The monoisotopic (exact) mass is 389 g/mol. The number of halogens is 2. The predicted molar refractivity (Wildman–Crippen MR) is 83.1 cm³/mol. The second-order valence-electron chi connectivity index (χ2n) is 4.77. The number of benzene rings is 1. The average Bonchev–Trinajstić information content (AvgIpc) is 2.42. The van der Waals surface area contributed by atoms with E-state index in [0.717, 1.165) is 30.2 Å². The van der Waals surface area contributed by atoms with Gasteiger partial charge in [-0.05, 0) is 59.8 Å². The van der Waals surface area contributed by atoms with E-state index < -0.39 is 0 Å². The van der Waals surface area contributed by atoms with Crippen molar-refractivity contribution < 1.29 is 9.53 Å². The van der Waals surface area contributed by atoms with Crippen molar-refractivity contribution in [2.45, 2.75) is 36.6 Å². The van der Waals surface area contributed by atoms with Crippen LogP contribution in [0.15, 0.2) is 22.7 Å². The Kier molecular flexibility index (Phi) is 5.28. The van der Waals surface area contributed by atoms with Crippen LogP contribution >= 0.6 is 31.9 Å².